The van der Waals surface area contributed by atoms with E-state index in [0.717, 1.165) is 0 Å². The molecule has 0 fully saturated rings. The van der Waals surface area contributed by atoms with Gasteiger partial charge in [0.25, 0.3) is 0 Å². The Morgan fingerprint density at radius 3 is 1.75 bits per heavy atom. The van der Waals surface area contributed by atoms with Gasteiger partial charge in [0.1, 0.15) is 0 Å². The number of alkyl halides is 3. The maximum atomic E-state index is 11.9. The van der Waals surface area contributed by atoms with E-state index in [1.54, 1.807) is 0 Å². The van der Waals surface area contributed by atoms with Crippen molar-refractivity contribution in [1.82, 2.24) is 0 Å². The molecule has 0 unspecified atom stereocenters. The first-order valence-electron chi connectivity index (χ1n) is 2.71. The fourth-order valence-electron chi connectivity index (χ4n) is 0.326. The van der Waals surface area contributed by atoms with Gasteiger partial charge in [0.05, 0.1) is 0 Å². The van der Waals surface area contributed by atoms with Crippen LogP contribution in [0.25, 0.3) is 0 Å². The third kappa shape index (κ3) is 3.45. The van der Waals surface area contributed by atoms with E-state index >= 15 is 0 Å². The second-order valence-electron chi connectivity index (χ2n) is 1.93. The summed E-state index contributed by atoms with van der Waals surface area (Å²) in [7, 11) is 0. The Kier molecular flexibility index (Phi) is 3.36. The molecule has 0 bridgehead atoms. The molecular weight excluding hydrogens is 186 g/mol. The Hall–Kier alpha value is -0.940. The summed E-state index contributed by atoms with van der Waals surface area (Å²) in [6.07, 6.45) is -7.79. The number of halogens is 6. The Labute approximate surface area is 64.2 Å². The van der Waals surface area contributed by atoms with Gasteiger partial charge in [0, 0.05) is 5.57 Å². The summed E-state index contributed by atoms with van der Waals surface area (Å²) >= 11 is 0. The Balaban J connectivity index is 4.71. The normalized spacial score (nSPS) is 13.1. The Bertz CT molecular complexity index is 217. The topological polar surface area (TPSA) is 0 Å². The van der Waals surface area contributed by atoms with Crippen LogP contribution in [0.2, 0.25) is 0 Å². The first-order chi connectivity index (χ1) is 5.25. The highest BCUT2D eigenvalue weighted by molar-refractivity contribution is 5.20. The lowest BCUT2D eigenvalue weighted by atomic mass is 10.2. The summed E-state index contributed by atoms with van der Waals surface area (Å²) in [6, 6.07) is 0. The van der Waals surface area contributed by atoms with Crippen molar-refractivity contribution in [2.75, 3.05) is 0 Å². The predicted molar refractivity (Wildman–Crippen MR) is 30.2 cm³/mol. The minimum atomic E-state index is -4.77. The van der Waals surface area contributed by atoms with Crippen LogP contribution >= 0.6 is 0 Å². The summed E-state index contributed by atoms with van der Waals surface area (Å²) < 4.78 is 69.1. The summed E-state index contributed by atoms with van der Waals surface area (Å²) in [5.74, 6) is -2.16. The van der Waals surface area contributed by atoms with Crippen LogP contribution in [-0.4, -0.2) is 6.18 Å². The maximum absolute atomic E-state index is 11.9. The molecule has 0 nitrogen and oxygen atoms in total. The highest BCUT2D eigenvalue weighted by Gasteiger charge is 2.30. The molecular formula is C6H4F6. The summed E-state index contributed by atoms with van der Waals surface area (Å²) in [4.78, 5) is 0. The van der Waals surface area contributed by atoms with Gasteiger partial charge in [-0.3, -0.25) is 0 Å². The largest absolute Gasteiger partial charge is 0.412 e. The molecule has 0 aliphatic carbocycles. The van der Waals surface area contributed by atoms with Crippen LogP contribution in [0.5, 0.6) is 0 Å². The zero-order valence-electron chi connectivity index (χ0n) is 5.85. The van der Waals surface area contributed by atoms with Gasteiger partial charge in [-0.2, -0.15) is 22.0 Å². The van der Waals surface area contributed by atoms with Gasteiger partial charge in [0.2, 0.25) is 0 Å². The number of rotatable bonds is 1. The highest BCUT2D eigenvalue weighted by atomic mass is 19.4. The monoisotopic (exact) mass is 190 g/mol. The van der Waals surface area contributed by atoms with Gasteiger partial charge in [-0.1, -0.05) is 0 Å². The maximum Gasteiger partial charge on any atom is 0.412 e. The molecule has 0 radical (unpaired) electrons. The second kappa shape index (κ2) is 3.64. The van der Waals surface area contributed by atoms with E-state index in [9.17, 15) is 26.3 Å². The number of allylic oxidation sites excluding steroid dienone is 3. The first kappa shape index (κ1) is 11.1. The standard InChI is InChI=1S/C6H4F6/c1-3(6(10,11)12)2-4(7)5(8)9/h2H,1H3/b3-2+. The number of hydrogen-bond acceptors (Lipinski definition) is 0. The second-order valence-corrected chi connectivity index (χ2v) is 1.93. The van der Waals surface area contributed by atoms with Crippen LogP contribution in [0, 0.1) is 0 Å². The summed E-state index contributed by atoms with van der Waals surface area (Å²) in [6.45, 7) is 0.502. The SMILES string of the molecule is C/C(=C\C(F)=C(F)F)C(F)(F)F. The van der Waals surface area contributed by atoms with E-state index in [-0.39, 0.29) is 6.08 Å². The van der Waals surface area contributed by atoms with Crippen LogP contribution in [0.1, 0.15) is 6.92 Å². The highest BCUT2D eigenvalue weighted by Crippen LogP contribution is 2.27. The Morgan fingerprint density at radius 1 is 1.08 bits per heavy atom. The quantitative estimate of drug-likeness (QED) is 0.438. The van der Waals surface area contributed by atoms with Gasteiger partial charge in [-0.05, 0) is 13.0 Å². The molecule has 0 heterocycles. The lowest BCUT2D eigenvalue weighted by Gasteiger charge is -2.04. The third-order valence-electron chi connectivity index (χ3n) is 0.971. The van der Waals surface area contributed by atoms with E-state index < -0.39 is 23.7 Å². The first-order valence-corrected chi connectivity index (χ1v) is 2.71. The molecule has 0 saturated heterocycles. The van der Waals surface area contributed by atoms with Crippen LogP contribution in [0.15, 0.2) is 23.6 Å². The van der Waals surface area contributed by atoms with E-state index in [0.29, 0.717) is 6.92 Å². The fraction of sp³-hybridized carbons (Fsp3) is 0.333. The van der Waals surface area contributed by atoms with Gasteiger partial charge >= 0.3 is 12.3 Å². The molecule has 0 saturated carbocycles. The van der Waals surface area contributed by atoms with Gasteiger partial charge in [-0.15, -0.1) is 0 Å². The minimum Gasteiger partial charge on any atom is -0.201 e. The van der Waals surface area contributed by atoms with Crippen molar-refractivity contribution < 1.29 is 26.3 Å². The molecule has 0 amide bonds. The average molecular weight is 190 g/mol. The molecule has 70 valence electrons. The zero-order valence-corrected chi connectivity index (χ0v) is 5.85. The van der Waals surface area contributed by atoms with Crippen LogP contribution in [0.4, 0.5) is 26.3 Å². The minimum absolute atomic E-state index is 0.255. The smallest absolute Gasteiger partial charge is 0.201 e. The van der Waals surface area contributed by atoms with E-state index in [1.807, 2.05) is 0 Å². The number of hydrogen-bond donors (Lipinski definition) is 0. The predicted octanol–water partition coefficient (Wildman–Crippen LogP) is 3.57. The lowest BCUT2D eigenvalue weighted by Crippen LogP contribution is -2.08. The molecule has 0 aromatic rings. The van der Waals surface area contributed by atoms with E-state index in [1.165, 1.54) is 0 Å². The van der Waals surface area contributed by atoms with Gasteiger partial charge in [0.15, 0.2) is 5.83 Å². The van der Waals surface area contributed by atoms with Crippen molar-refractivity contribution in [2.24, 2.45) is 0 Å². The van der Waals surface area contributed by atoms with Crippen molar-refractivity contribution in [3.05, 3.63) is 23.6 Å². The third-order valence-corrected chi connectivity index (χ3v) is 0.971. The molecule has 0 aliphatic heterocycles. The summed E-state index contributed by atoms with van der Waals surface area (Å²) in [5, 5.41) is 0. The van der Waals surface area contributed by atoms with Crippen molar-refractivity contribution in [1.29, 1.82) is 0 Å². The fourth-order valence-corrected chi connectivity index (χ4v) is 0.326. The molecule has 0 rings (SSSR count). The van der Waals surface area contributed by atoms with E-state index in [2.05, 4.69) is 0 Å². The molecule has 0 N–H and O–H groups in total. The average Bonchev–Trinajstić information content (AvgIpc) is 1.85. The van der Waals surface area contributed by atoms with Crippen molar-refractivity contribution in [3.8, 4) is 0 Å². The molecule has 0 aromatic heterocycles. The van der Waals surface area contributed by atoms with Crippen molar-refractivity contribution >= 4 is 0 Å². The van der Waals surface area contributed by atoms with Crippen LogP contribution < -0.4 is 0 Å². The molecule has 0 spiro atoms. The summed E-state index contributed by atoms with van der Waals surface area (Å²) in [5.41, 5.74) is -1.41. The van der Waals surface area contributed by atoms with Crippen molar-refractivity contribution in [2.45, 2.75) is 13.1 Å². The van der Waals surface area contributed by atoms with Crippen LogP contribution in [0.3, 0.4) is 0 Å². The van der Waals surface area contributed by atoms with E-state index in [4.69, 9.17) is 0 Å². The molecule has 0 aliphatic rings. The van der Waals surface area contributed by atoms with Gasteiger partial charge in [-0.25, -0.2) is 4.39 Å². The molecule has 0 atom stereocenters. The Morgan fingerprint density at radius 2 is 1.50 bits per heavy atom. The lowest BCUT2D eigenvalue weighted by molar-refractivity contribution is -0.0914. The molecule has 12 heavy (non-hydrogen) atoms. The molecule has 6 heteroatoms. The zero-order chi connectivity index (χ0) is 9.94. The van der Waals surface area contributed by atoms with Gasteiger partial charge < -0.3 is 0 Å². The van der Waals surface area contributed by atoms with Crippen LogP contribution in [-0.2, 0) is 0 Å². The molecule has 0 aromatic carbocycles. The van der Waals surface area contributed by atoms with Crippen molar-refractivity contribution in [3.63, 3.8) is 0 Å².